The van der Waals surface area contributed by atoms with Crippen LogP contribution in [0.2, 0.25) is 0 Å². The average molecular weight is 283 g/mol. The van der Waals surface area contributed by atoms with E-state index in [1.807, 2.05) is 0 Å². The van der Waals surface area contributed by atoms with Gasteiger partial charge in [0.05, 0.1) is 11.3 Å². The van der Waals surface area contributed by atoms with Gasteiger partial charge in [-0.05, 0) is 16.5 Å². The van der Waals surface area contributed by atoms with Crippen LogP contribution in [0.15, 0.2) is 18.5 Å². The number of nitrogens with zero attached hydrogens (tertiary/aromatic N) is 4. The highest BCUT2D eigenvalue weighted by Crippen LogP contribution is 2.19. The Balaban J connectivity index is 2.18. The van der Waals surface area contributed by atoms with Crippen molar-refractivity contribution in [2.75, 3.05) is 5.32 Å². The number of hydrogen-bond donors (Lipinski definition) is 2. The van der Waals surface area contributed by atoms with E-state index in [1.54, 1.807) is 0 Å². The van der Waals surface area contributed by atoms with Gasteiger partial charge in [-0.2, -0.15) is 0 Å². The second-order valence-electron chi connectivity index (χ2n) is 3.67. The summed E-state index contributed by atoms with van der Waals surface area (Å²) in [5, 5.41) is 20.9. The van der Waals surface area contributed by atoms with Crippen LogP contribution in [0.5, 0.6) is 0 Å². The second-order valence-corrected chi connectivity index (χ2v) is 3.67. The first-order chi connectivity index (χ1) is 9.47. The molecular formula is C10H7F2N5O3. The molecule has 104 valence electrons. The molecule has 0 fully saturated rings. The summed E-state index contributed by atoms with van der Waals surface area (Å²) in [5.41, 5.74) is -1.19. The Morgan fingerprint density at radius 3 is 2.65 bits per heavy atom. The average Bonchev–Trinajstić information content (AvgIpc) is 2.84. The quantitative estimate of drug-likeness (QED) is 0.834. The maximum atomic E-state index is 13.4. The molecule has 0 radical (unpaired) electrons. The topological polar surface area (TPSA) is 110 Å². The number of carbonyl (C=O) groups excluding carboxylic acids is 1. The molecule has 1 aromatic heterocycles. The standard InChI is InChI=1S/C10H7F2N5O3/c11-6-2-7(12)8(1-5(6)10(19)20)14-9(18)3-17-4-13-15-16-17/h1-2,4H,3H2,(H,14,18)(H,19,20). The summed E-state index contributed by atoms with van der Waals surface area (Å²) in [6.45, 7) is -0.299. The largest absolute Gasteiger partial charge is 0.478 e. The van der Waals surface area contributed by atoms with Crippen LogP contribution in [0.25, 0.3) is 0 Å². The van der Waals surface area contributed by atoms with Crippen molar-refractivity contribution in [2.45, 2.75) is 6.54 Å². The van der Waals surface area contributed by atoms with Crippen molar-refractivity contribution in [3.05, 3.63) is 35.7 Å². The van der Waals surface area contributed by atoms with Gasteiger partial charge >= 0.3 is 5.97 Å². The van der Waals surface area contributed by atoms with Crippen LogP contribution >= 0.6 is 0 Å². The summed E-state index contributed by atoms with van der Waals surface area (Å²) >= 11 is 0. The lowest BCUT2D eigenvalue weighted by atomic mass is 10.2. The molecule has 0 atom stereocenters. The lowest BCUT2D eigenvalue weighted by Gasteiger charge is -2.07. The van der Waals surface area contributed by atoms with Gasteiger partial charge in [0.15, 0.2) is 0 Å². The molecule has 0 aliphatic carbocycles. The number of carbonyl (C=O) groups is 2. The van der Waals surface area contributed by atoms with E-state index < -0.39 is 34.8 Å². The lowest BCUT2D eigenvalue weighted by Crippen LogP contribution is -2.20. The van der Waals surface area contributed by atoms with Crippen LogP contribution in [-0.4, -0.2) is 37.2 Å². The van der Waals surface area contributed by atoms with Crippen LogP contribution in [0.3, 0.4) is 0 Å². The molecule has 10 heteroatoms. The minimum absolute atomic E-state index is 0.299. The molecule has 2 rings (SSSR count). The van der Waals surface area contributed by atoms with Crippen molar-refractivity contribution in [2.24, 2.45) is 0 Å². The van der Waals surface area contributed by atoms with Crippen molar-refractivity contribution >= 4 is 17.6 Å². The van der Waals surface area contributed by atoms with Crippen molar-refractivity contribution < 1.29 is 23.5 Å². The zero-order chi connectivity index (χ0) is 14.7. The van der Waals surface area contributed by atoms with E-state index in [-0.39, 0.29) is 6.54 Å². The summed E-state index contributed by atoms with van der Waals surface area (Å²) in [7, 11) is 0. The molecule has 0 spiro atoms. The van der Waals surface area contributed by atoms with E-state index in [0.717, 1.165) is 4.68 Å². The number of anilines is 1. The van der Waals surface area contributed by atoms with Crippen molar-refractivity contribution in [1.82, 2.24) is 20.2 Å². The minimum atomic E-state index is -1.57. The van der Waals surface area contributed by atoms with E-state index in [4.69, 9.17) is 5.11 Å². The van der Waals surface area contributed by atoms with E-state index in [2.05, 4.69) is 20.8 Å². The Morgan fingerprint density at radius 1 is 1.30 bits per heavy atom. The molecule has 1 heterocycles. The molecule has 2 N–H and O–H groups in total. The highest BCUT2D eigenvalue weighted by Gasteiger charge is 2.16. The number of benzene rings is 1. The summed E-state index contributed by atoms with van der Waals surface area (Å²) in [4.78, 5) is 22.3. The molecule has 0 aliphatic heterocycles. The third-order valence-electron chi connectivity index (χ3n) is 2.26. The number of carboxylic acid groups (broad SMARTS) is 1. The monoisotopic (exact) mass is 283 g/mol. The summed E-state index contributed by atoms with van der Waals surface area (Å²) in [6.07, 6.45) is 1.17. The lowest BCUT2D eigenvalue weighted by molar-refractivity contribution is -0.117. The van der Waals surface area contributed by atoms with Gasteiger partial charge in [-0.1, -0.05) is 0 Å². The molecule has 1 amide bonds. The number of hydrogen-bond acceptors (Lipinski definition) is 5. The smallest absolute Gasteiger partial charge is 0.338 e. The van der Waals surface area contributed by atoms with Crippen LogP contribution in [0, 0.1) is 11.6 Å². The highest BCUT2D eigenvalue weighted by molar-refractivity contribution is 5.94. The first-order valence-corrected chi connectivity index (χ1v) is 5.20. The van der Waals surface area contributed by atoms with Gasteiger partial charge in [-0.15, -0.1) is 5.10 Å². The first kappa shape index (κ1) is 13.5. The fourth-order valence-electron chi connectivity index (χ4n) is 1.40. The minimum Gasteiger partial charge on any atom is -0.478 e. The molecular weight excluding hydrogens is 276 g/mol. The molecule has 0 saturated heterocycles. The Hall–Kier alpha value is -2.91. The molecule has 8 nitrogen and oxygen atoms in total. The molecule has 20 heavy (non-hydrogen) atoms. The van der Waals surface area contributed by atoms with E-state index in [0.29, 0.717) is 12.1 Å². The van der Waals surface area contributed by atoms with Crippen LogP contribution in [0.1, 0.15) is 10.4 Å². The third kappa shape index (κ3) is 2.91. The molecule has 0 aliphatic rings. The predicted octanol–water partition coefficient (Wildman–Crippen LogP) is 0.288. The van der Waals surface area contributed by atoms with Crippen molar-refractivity contribution in [3.8, 4) is 0 Å². The Kier molecular flexibility index (Phi) is 3.64. The number of nitrogens with one attached hydrogen (secondary N) is 1. The first-order valence-electron chi connectivity index (χ1n) is 5.20. The highest BCUT2D eigenvalue weighted by atomic mass is 19.1. The maximum absolute atomic E-state index is 13.4. The Bertz CT molecular complexity index is 659. The van der Waals surface area contributed by atoms with E-state index in [1.165, 1.54) is 6.33 Å². The fourth-order valence-corrected chi connectivity index (χ4v) is 1.40. The van der Waals surface area contributed by atoms with Crippen LogP contribution in [0.4, 0.5) is 14.5 Å². The summed E-state index contributed by atoms with van der Waals surface area (Å²) in [5.74, 6) is -4.58. The van der Waals surface area contributed by atoms with Gasteiger partial charge in [0.1, 0.15) is 24.5 Å². The SMILES string of the molecule is O=C(Cn1cnnn1)Nc1cc(C(=O)O)c(F)cc1F. The normalized spacial score (nSPS) is 10.3. The van der Waals surface area contributed by atoms with Crippen LogP contribution < -0.4 is 5.32 Å². The molecule has 1 aromatic carbocycles. The van der Waals surface area contributed by atoms with Gasteiger partial charge in [-0.25, -0.2) is 18.3 Å². The molecule has 0 saturated carbocycles. The third-order valence-corrected chi connectivity index (χ3v) is 2.26. The fraction of sp³-hybridized carbons (Fsp3) is 0.100. The number of aromatic carboxylic acids is 1. The number of halogens is 2. The zero-order valence-corrected chi connectivity index (χ0v) is 9.75. The number of carboxylic acids is 1. The Labute approximate surface area is 110 Å². The van der Waals surface area contributed by atoms with Gasteiger partial charge in [0, 0.05) is 6.07 Å². The van der Waals surface area contributed by atoms with Crippen molar-refractivity contribution in [1.29, 1.82) is 0 Å². The molecule has 0 bridgehead atoms. The number of aromatic nitrogens is 4. The van der Waals surface area contributed by atoms with Gasteiger partial charge in [0.2, 0.25) is 5.91 Å². The van der Waals surface area contributed by atoms with Crippen LogP contribution in [-0.2, 0) is 11.3 Å². The van der Waals surface area contributed by atoms with Crippen molar-refractivity contribution in [3.63, 3.8) is 0 Å². The number of tetrazole rings is 1. The maximum Gasteiger partial charge on any atom is 0.338 e. The van der Waals surface area contributed by atoms with Gasteiger partial charge in [0.25, 0.3) is 0 Å². The number of amides is 1. The van der Waals surface area contributed by atoms with E-state index in [9.17, 15) is 18.4 Å². The summed E-state index contributed by atoms with van der Waals surface area (Å²) < 4.78 is 27.7. The summed E-state index contributed by atoms with van der Waals surface area (Å²) in [6, 6.07) is 1.08. The molecule has 0 unspecified atom stereocenters. The van der Waals surface area contributed by atoms with Gasteiger partial charge < -0.3 is 10.4 Å². The second kappa shape index (κ2) is 5.38. The van der Waals surface area contributed by atoms with E-state index >= 15 is 0 Å². The van der Waals surface area contributed by atoms with Gasteiger partial charge in [-0.3, -0.25) is 4.79 Å². The zero-order valence-electron chi connectivity index (χ0n) is 9.75. The number of rotatable bonds is 4. The molecule has 2 aromatic rings. The predicted molar refractivity (Wildman–Crippen MR) is 59.8 cm³/mol. The Morgan fingerprint density at radius 2 is 2.05 bits per heavy atom.